The van der Waals surface area contributed by atoms with E-state index in [9.17, 15) is 5.11 Å². The highest BCUT2D eigenvalue weighted by molar-refractivity contribution is 4.84. The maximum atomic E-state index is 9.21. The second-order valence-corrected chi connectivity index (χ2v) is 4.56. The van der Waals surface area contributed by atoms with Crippen LogP contribution in [0.25, 0.3) is 0 Å². The van der Waals surface area contributed by atoms with Crippen LogP contribution in [0, 0.1) is 11.8 Å². The number of hydrogen-bond donors (Lipinski definition) is 2. The first-order valence-electron chi connectivity index (χ1n) is 5.95. The van der Waals surface area contributed by atoms with Gasteiger partial charge in [-0.3, -0.25) is 4.68 Å². The van der Waals surface area contributed by atoms with Crippen molar-refractivity contribution in [1.29, 1.82) is 0 Å². The Labute approximate surface area is 95.9 Å². The van der Waals surface area contributed by atoms with Crippen molar-refractivity contribution in [3.8, 4) is 0 Å². The van der Waals surface area contributed by atoms with Gasteiger partial charge in [0, 0.05) is 13.7 Å². The molecule has 1 fully saturated rings. The Hall–Kier alpha value is -0.940. The molecule has 5 nitrogen and oxygen atoms in total. The van der Waals surface area contributed by atoms with Gasteiger partial charge in [0.05, 0.1) is 6.54 Å². The maximum absolute atomic E-state index is 9.21. The van der Waals surface area contributed by atoms with Crippen molar-refractivity contribution in [3.05, 3.63) is 12.2 Å². The zero-order valence-corrected chi connectivity index (χ0v) is 9.76. The van der Waals surface area contributed by atoms with Crippen molar-refractivity contribution in [2.45, 2.75) is 25.8 Å². The molecular formula is C11H20N4O. The van der Waals surface area contributed by atoms with E-state index in [1.165, 1.54) is 19.3 Å². The highest BCUT2D eigenvalue weighted by atomic mass is 16.3. The van der Waals surface area contributed by atoms with Gasteiger partial charge in [0.1, 0.15) is 12.2 Å². The highest BCUT2D eigenvalue weighted by Gasteiger charge is 2.25. The number of aliphatic hydroxyl groups excluding tert-OH is 1. The fraction of sp³-hybridized carbons (Fsp3) is 0.818. The quantitative estimate of drug-likeness (QED) is 0.756. The van der Waals surface area contributed by atoms with Gasteiger partial charge in [-0.15, -0.1) is 0 Å². The van der Waals surface area contributed by atoms with E-state index in [1.54, 1.807) is 11.0 Å². The first-order valence-corrected chi connectivity index (χ1v) is 5.95. The monoisotopic (exact) mass is 224 g/mol. The Morgan fingerprint density at radius 3 is 3.00 bits per heavy atom. The van der Waals surface area contributed by atoms with E-state index < -0.39 is 0 Å². The number of nitrogens with one attached hydrogen (secondary N) is 1. The van der Waals surface area contributed by atoms with E-state index in [4.69, 9.17) is 0 Å². The molecule has 0 aliphatic heterocycles. The van der Waals surface area contributed by atoms with Crippen LogP contribution in [0.4, 0.5) is 0 Å². The van der Waals surface area contributed by atoms with Gasteiger partial charge in [-0.25, -0.2) is 4.98 Å². The summed E-state index contributed by atoms with van der Waals surface area (Å²) in [5, 5.41) is 16.6. The summed E-state index contributed by atoms with van der Waals surface area (Å²) in [6.45, 7) is 2.06. The third-order valence-electron chi connectivity index (χ3n) is 3.55. The average molecular weight is 224 g/mol. The fourth-order valence-corrected chi connectivity index (χ4v) is 2.47. The number of rotatable bonds is 5. The topological polar surface area (TPSA) is 63.0 Å². The molecule has 90 valence electrons. The predicted molar refractivity (Wildman–Crippen MR) is 60.6 cm³/mol. The summed E-state index contributed by atoms with van der Waals surface area (Å²) in [7, 11) is 1.90. The van der Waals surface area contributed by atoms with Crippen LogP contribution >= 0.6 is 0 Å². The van der Waals surface area contributed by atoms with Crippen LogP contribution < -0.4 is 5.32 Å². The summed E-state index contributed by atoms with van der Waals surface area (Å²) in [6.07, 6.45) is 5.23. The van der Waals surface area contributed by atoms with Crippen LogP contribution in [-0.2, 0) is 13.6 Å². The maximum Gasteiger partial charge on any atom is 0.140 e. The van der Waals surface area contributed by atoms with E-state index >= 15 is 0 Å². The van der Waals surface area contributed by atoms with Gasteiger partial charge in [0.25, 0.3) is 0 Å². The SMILES string of the molecule is Cn1ncnc1CNCC1CCCC1CO. The van der Waals surface area contributed by atoms with Crippen LogP contribution in [0.1, 0.15) is 25.1 Å². The number of hydrogen-bond acceptors (Lipinski definition) is 4. The smallest absolute Gasteiger partial charge is 0.140 e. The number of aliphatic hydroxyl groups is 1. The fourth-order valence-electron chi connectivity index (χ4n) is 2.47. The number of aryl methyl sites for hydroxylation is 1. The van der Waals surface area contributed by atoms with E-state index in [-0.39, 0.29) is 0 Å². The van der Waals surface area contributed by atoms with Crippen molar-refractivity contribution in [2.24, 2.45) is 18.9 Å². The highest BCUT2D eigenvalue weighted by Crippen LogP contribution is 2.30. The van der Waals surface area contributed by atoms with Gasteiger partial charge in [-0.2, -0.15) is 5.10 Å². The molecule has 0 bridgehead atoms. The van der Waals surface area contributed by atoms with Gasteiger partial charge in [-0.05, 0) is 31.2 Å². The Kier molecular flexibility index (Phi) is 3.90. The van der Waals surface area contributed by atoms with Gasteiger partial charge in [0.2, 0.25) is 0 Å². The molecule has 1 saturated carbocycles. The molecule has 2 rings (SSSR count). The second kappa shape index (κ2) is 5.41. The third-order valence-corrected chi connectivity index (χ3v) is 3.55. The van der Waals surface area contributed by atoms with Crippen LogP contribution in [0.3, 0.4) is 0 Å². The summed E-state index contributed by atoms with van der Waals surface area (Å²) in [5.41, 5.74) is 0. The molecule has 1 aliphatic rings. The average Bonchev–Trinajstić information content (AvgIpc) is 2.88. The normalized spacial score (nSPS) is 25.1. The summed E-state index contributed by atoms with van der Waals surface area (Å²) < 4.78 is 1.78. The molecule has 5 heteroatoms. The minimum Gasteiger partial charge on any atom is -0.396 e. The van der Waals surface area contributed by atoms with Crippen LogP contribution in [0.15, 0.2) is 6.33 Å². The predicted octanol–water partition coefficient (Wildman–Crippen LogP) is 0.313. The van der Waals surface area contributed by atoms with E-state index in [0.717, 1.165) is 18.9 Å². The molecule has 1 heterocycles. The van der Waals surface area contributed by atoms with Gasteiger partial charge >= 0.3 is 0 Å². The van der Waals surface area contributed by atoms with Gasteiger partial charge in [-0.1, -0.05) is 6.42 Å². The zero-order chi connectivity index (χ0) is 11.4. The zero-order valence-electron chi connectivity index (χ0n) is 9.76. The first-order chi connectivity index (χ1) is 7.81. The lowest BCUT2D eigenvalue weighted by atomic mass is 9.97. The molecule has 1 aliphatic carbocycles. The van der Waals surface area contributed by atoms with E-state index in [1.807, 2.05) is 7.05 Å². The van der Waals surface area contributed by atoms with Crippen molar-refractivity contribution in [3.63, 3.8) is 0 Å². The Bertz CT molecular complexity index is 326. The summed E-state index contributed by atoms with van der Waals surface area (Å²) in [4.78, 5) is 4.16. The Balaban J connectivity index is 1.74. The van der Waals surface area contributed by atoms with E-state index in [2.05, 4.69) is 15.4 Å². The molecule has 16 heavy (non-hydrogen) atoms. The summed E-state index contributed by atoms with van der Waals surface area (Å²) >= 11 is 0. The molecule has 1 aromatic rings. The molecule has 0 aromatic carbocycles. The molecule has 0 spiro atoms. The lowest BCUT2D eigenvalue weighted by molar-refractivity contribution is 0.192. The molecule has 2 unspecified atom stereocenters. The van der Waals surface area contributed by atoms with E-state index in [0.29, 0.717) is 18.4 Å². The van der Waals surface area contributed by atoms with Crippen LogP contribution in [-0.4, -0.2) is 33.0 Å². The van der Waals surface area contributed by atoms with Crippen molar-refractivity contribution in [1.82, 2.24) is 20.1 Å². The molecular weight excluding hydrogens is 204 g/mol. The molecule has 2 N–H and O–H groups in total. The second-order valence-electron chi connectivity index (χ2n) is 4.56. The molecule has 1 aromatic heterocycles. The van der Waals surface area contributed by atoms with Crippen LogP contribution in [0.2, 0.25) is 0 Å². The largest absolute Gasteiger partial charge is 0.396 e. The summed E-state index contributed by atoms with van der Waals surface area (Å²) in [5.74, 6) is 2.07. The Morgan fingerprint density at radius 2 is 2.31 bits per heavy atom. The lowest BCUT2D eigenvalue weighted by Gasteiger charge is -2.17. The van der Waals surface area contributed by atoms with Gasteiger partial charge in [0.15, 0.2) is 0 Å². The molecule has 0 amide bonds. The number of aromatic nitrogens is 3. The number of nitrogens with zero attached hydrogens (tertiary/aromatic N) is 3. The lowest BCUT2D eigenvalue weighted by Crippen LogP contribution is -2.27. The standard InChI is InChI=1S/C11H20N4O/c1-15-11(13-8-14-15)6-12-5-9-3-2-4-10(9)7-16/h8-10,12,16H,2-7H2,1H3. The van der Waals surface area contributed by atoms with Crippen molar-refractivity contribution < 1.29 is 5.11 Å². The van der Waals surface area contributed by atoms with Gasteiger partial charge < -0.3 is 10.4 Å². The third kappa shape index (κ3) is 2.59. The Morgan fingerprint density at radius 1 is 1.50 bits per heavy atom. The summed E-state index contributed by atoms with van der Waals surface area (Å²) in [6, 6.07) is 0. The molecule has 0 radical (unpaired) electrons. The first kappa shape index (κ1) is 11.5. The molecule has 0 saturated heterocycles. The molecule has 2 atom stereocenters. The minimum absolute atomic E-state index is 0.330. The van der Waals surface area contributed by atoms with Crippen molar-refractivity contribution in [2.75, 3.05) is 13.2 Å². The minimum atomic E-state index is 0.330. The van der Waals surface area contributed by atoms with Crippen molar-refractivity contribution >= 4 is 0 Å². The van der Waals surface area contributed by atoms with Crippen LogP contribution in [0.5, 0.6) is 0 Å².